The van der Waals surface area contributed by atoms with E-state index in [2.05, 4.69) is 5.32 Å². The van der Waals surface area contributed by atoms with E-state index in [1.165, 1.54) is 19.9 Å². The summed E-state index contributed by atoms with van der Waals surface area (Å²) in [5, 5.41) is 2.71. The number of cyclic esters (lactones) is 2. The van der Waals surface area contributed by atoms with Crippen LogP contribution in [-0.2, 0) is 23.9 Å². The molecule has 1 aliphatic heterocycles. The quantitative estimate of drug-likeness (QED) is 0.486. The maximum atomic E-state index is 12.1. The summed E-state index contributed by atoms with van der Waals surface area (Å²) in [5.41, 5.74) is 0.851. The average Bonchev–Trinajstić information content (AvgIpc) is 2.64. The van der Waals surface area contributed by atoms with Crippen LogP contribution in [0.4, 0.5) is 5.69 Å². The van der Waals surface area contributed by atoms with Crippen molar-refractivity contribution in [1.82, 2.24) is 0 Å². The Morgan fingerprint density at radius 1 is 1.00 bits per heavy atom. The smallest absolute Gasteiger partial charge is 0.348 e. The van der Waals surface area contributed by atoms with Gasteiger partial charge in [0.1, 0.15) is 11.3 Å². The van der Waals surface area contributed by atoms with Gasteiger partial charge in [0.05, 0.1) is 0 Å². The number of nitrogens with one attached hydrogen (secondary N) is 1. The van der Waals surface area contributed by atoms with Gasteiger partial charge in [-0.2, -0.15) is 0 Å². The molecule has 1 saturated heterocycles. The molecule has 1 N–H and O–H groups in total. The lowest BCUT2D eigenvalue weighted by molar-refractivity contribution is -0.222. The Hall–Kier alpha value is -3.61. The fraction of sp³-hybridized carbons (Fsp3) is 0.190. The van der Waals surface area contributed by atoms with E-state index in [-0.39, 0.29) is 18.1 Å². The Morgan fingerprint density at radius 2 is 1.61 bits per heavy atom. The van der Waals surface area contributed by atoms with E-state index >= 15 is 0 Å². The first-order chi connectivity index (χ1) is 13.3. The number of anilines is 1. The fourth-order valence-electron chi connectivity index (χ4n) is 2.53. The zero-order valence-electron chi connectivity index (χ0n) is 15.4. The van der Waals surface area contributed by atoms with Crippen LogP contribution in [0.1, 0.15) is 19.4 Å². The minimum Gasteiger partial charge on any atom is -0.483 e. The second kappa shape index (κ2) is 7.96. The molecular formula is C21H19NO6. The Bertz CT molecular complexity index is 911. The molecule has 0 saturated carbocycles. The van der Waals surface area contributed by atoms with Crippen LogP contribution < -0.4 is 10.1 Å². The molecule has 0 atom stereocenters. The molecule has 0 bridgehead atoms. The summed E-state index contributed by atoms with van der Waals surface area (Å²) in [6, 6.07) is 15.7. The highest BCUT2D eigenvalue weighted by Crippen LogP contribution is 2.27. The third-order valence-corrected chi connectivity index (χ3v) is 3.75. The number of esters is 2. The molecule has 7 nitrogen and oxygen atoms in total. The minimum atomic E-state index is -1.31. The first-order valence-electron chi connectivity index (χ1n) is 8.59. The molecule has 0 unspecified atom stereocenters. The molecular weight excluding hydrogens is 362 g/mol. The van der Waals surface area contributed by atoms with Crippen molar-refractivity contribution < 1.29 is 28.6 Å². The lowest BCUT2D eigenvalue weighted by Crippen LogP contribution is -2.41. The predicted octanol–water partition coefficient (Wildman–Crippen LogP) is 2.92. The van der Waals surface area contributed by atoms with Crippen molar-refractivity contribution in [2.24, 2.45) is 0 Å². The molecule has 3 rings (SSSR count). The van der Waals surface area contributed by atoms with Gasteiger partial charge in [0.25, 0.3) is 11.7 Å². The Kier molecular flexibility index (Phi) is 5.44. The lowest BCUT2D eigenvalue weighted by Gasteiger charge is -2.29. The van der Waals surface area contributed by atoms with E-state index in [0.29, 0.717) is 17.0 Å². The molecule has 7 heteroatoms. The summed E-state index contributed by atoms with van der Waals surface area (Å²) in [6.07, 6.45) is 1.32. The molecule has 2 aromatic rings. The molecule has 28 heavy (non-hydrogen) atoms. The van der Waals surface area contributed by atoms with Crippen molar-refractivity contribution in [3.05, 3.63) is 65.7 Å². The van der Waals surface area contributed by atoms with Crippen molar-refractivity contribution >= 4 is 29.6 Å². The van der Waals surface area contributed by atoms with E-state index in [9.17, 15) is 14.4 Å². The van der Waals surface area contributed by atoms with Gasteiger partial charge in [-0.15, -0.1) is 0 Å². The first-order valence-corrected chi connectivity index (χ1v) is 8.59. The zero-order chi connectivity index (χ0) is 20.1. The Balaban J connectivity index is 1.72. The van der Waals surface area contributed by atoms with Crippen molar-refractivity contribution in [2.75, 3.05) is 11.9 Å². The Labute approximate surface area is 161 Å². The fourth-order valence-corrected chi connectivity index (χ4v) is 2.53. The number of hydrogen-bond acceptors (Lipinski definition) is 6. The molecule has 0 aliphatic carbocycles. The van der Waals surface area contributed by atoms with Crippen LogP contribution in [-0.4, -0.2) is 30.2 Å². The lowest BCUT2D eigenvalue weighted by atomic mass is 10.1. The molecule has 0 spiro atoms. The maximum absolute atomic E-state index is 12.1. The second-order valence-electron chi connectivity index (χ2n) is 6.48. The largest absolute Gasteiger partial charge is 0.483 e. The summed E-state index contributed by atoms with van der Waals surface area (Å²) in [5.74, 6) is -2.87. The Morgan fingerprint density at radius 3 is 2.29 bits per heavy atom. The predicted molar refractivity (Wildman–Crippen MR) is 101 cm³/mol. The normalized spacial score (nSPS) is 15.3. The number of hydrogen-bond donors (Lipinski definition) is 1. The minimum absolute atomic E-state index is 0.239. The molecule has 0 aromatic heterocycles. The van der Waals surface area contributed by atoms with Gasteiger partial charge in [-0.3, -0.25) is 4.79 Å². The van der Waals surface area contributed by atoms with Crippen molar-refractivity contribution in [1.29, 1.82) is 0 Å². The first kappa shape index (κ1) is 19.2. The van der Waals surface area contributed by atoms with Crippen LogP contribution in [0.25, 0.3) is 6.08 Å². The topological polar surface area (TPSA) is 90.9 Å². The van der Waals surface area contributed by atoms with Crippen LogP contribution in [0, 0.1) is 0 Å². The third-order valence-electron chi connectivity index (χ3n) is 3.75. The van der Waals surface area contributed by atoms with Gasteiger partial charge >= 0.3 is 11.9 Å². The molecule has 1 fully saturated rings. The van der Waals surface area contributed by atoms with Crippen LogP contribution in [0.15, 0.2) is 60.2 Å². The summed E-state index contributed by atoms with van der Waals surface area (Å²) in [6.45, 7) is 2.71. The number of rotatable bonds is 5. The van der Waals surface area contributed by atoms with Gasteiger partial charge < -0.3 is 19.5 Å². The third kappa shape index (κ3) is 4.76. The van der Waals surface area contributed by atoms with Gasteiger partial charge in [-0.25, -0.2) is 9.59 Å². The number of benzene rings is 2. The number of carbonyl (C=O) groups is 3. The monoisotopic (exact) mass is 381 g/mol. The number of ether oxygens (including phenoxy) is 3. The highest BCUT2D eigenvalue weighted by molar-refractivity contribution is 6.19. The van der Waals surface area contributed by atoms with Crippen molar-refractivity contribution in [3.8, 4) is 5.75 Å². The highest BCUT2D eigenvalue weighted by atomic mass is 16.7. The van der Waals surface area contributed by atoms with Gasteiger partial charge in [0.2, 0.25) is 0 Å². The highest BCUT2D eigenvalue weighted by Gasteiger charge is 2.38. The zero-order valence-corrected chi connectivity index (χ0v) is 15.4. The molecule has 0 radical (unpaired) electrons. The molecule has 1 heterocycles. The summed E-state index contributed by atoms with van der Waals surface area (Å²) in [7, 11) is 0. The molecule has 1 aliphatic rings. The summed E-state index contributed by atoms with van der Waals surface area (Å²) < 4.78 is 15.7. The number of carbonyl (C=O) groups excluding carboxylic acids is 3. The molecule has 2 aromatic carbocycles. The molecule has 144 valence electrons. The van der Waals surface area contributed by atoms with Gasteiger partial charge in [0, 0.05) is 25.1 Å². The van der Waals surface area contributed by atoms with Crippen LogP contribution in [0.3, 0.4) is 0 Å². The standard InChI is InChI=1S/C21H19NO6/c1-21(2)27-19(24)16(20(25)28-21)12-14-8-6-7-11-17(14)26-13-18(23)22-15-9-4-3-5-10-15/h3-12H,13H2,1-2H3,(H,22,23). The van der Waals surface area contributed by atoms with Gasteiger partial charge in [0.15, 0.2) is 6.61 Å². The number of amides is 1. The van der Waals surface area contributed by atoms with E-state index in [1.54, 1.807) is 36.4 Å². The van der Waals surface area contributed by atoms with Crippen LogP contribution >= 0.6 is 0 Å². The van der Waals surface area contributed by atoms with Crippen molar-refractivity contribution in [3.63, 3.8) is 0 Å². The van der Waals surface area contributed by atoms with Crippen LogP contribution in [0.5, 0.6) is 5.75 Å². The number of para-hydroxylation sites is 2. The SMILES string of the molecule is CC1(C)OC(=O)C(=Cc2ccccc2OCC(=O)Nc2ccccc2)C(=O)O1. The molecule has 1 amide bonds. The van der Waals surface area contributed by atoms with Gasteiger partial charge in [-0.1, -0.05) is 36.4 Å². The van der Waals surface area contributed by atoms with E-state index in [1.807, 2.05) is 18.2 Å². The van der Waals surface area contributed by atoms with E-state index in [0.717, 1.165) is 0 Å². The van der Waals surface area contributed by atoms with Crippen LogP contribution in [0.2, 0.25) is 0 Å². The summed E-state index contributed by atoms with van der Waals surface area (Å²) in [4.78, 5) is 36.3. The van der Waals surface area contributed by atoms with E-state index < -0.39 is 17.7 Å². The summed E-state index contributed by atoms with van der Waals surface area (Å²) >= 11 is 0. The maximum Gasteiger partial charge on any atom is 0.348 e. The van der Waals surface area contributed by atoms with Gasteiger partial charge in [-0.05, 0) is 24.3 Å². The average molecular weight is 381 g/mol. The van der Waals surface area contributed by atoms with E-state index in [4.69, 9.17) is 14.2 Å². The van der Waals surface area contributed by atoms with Crippen molar-refractivity contribution in [2.45, 2.75) is 19.6 Å². The second-order valence-corrected chi connectivity index (χ2v) is 6.48.